The van der Waals surface area contributed by atoms with E-state index >= 15 is 0 Å². The van der Waals surface area contributed by atoms with Gasteiger partial charge >= 0.3 is 0 Å². The summed E-state index contributed by atoms with van der Waals surface area (Å²) in [4.78, 5) is 13.0. The molecule has 0 radical (unpaired) electrons. The molecule has 1 aliphatic heterocycles. The van der Waals surface area contributed by atoms with E-state index in [2.05, 4.69) is 47.5 Å². The molecule has 3 heterocycles. The molecule has 136 valence electrons. The molecule has 0 bridgehead atoms. The molecule has 0 aliphatic carbocycles. The Hall–Kier alpha value is -1.71. The van der Waals surface area contributed by atoms with Gasteiger partial charge in [0, 0.05) is 50.2 Å². The number of sulfonamides is 1. The van der Waals surface area contributed by atoms with Gasteiger partial charge in [0.2, 0.25) is 0 Å². The molecule has 3 rings (SSSR count). The van der Waals surface area contributed by atoms with Gasteiger partial charge in [0.05, 0.1) is 5.69 Å². The van der Waals surface area contributed by atoms with Crippen molar-refractivity contribution in [1.29, 1.82) is 0 Å². The molecule has 1 fully saturated rings. The number of aromatic nitrogens is 2. The van der Waals surface area contributed by atoms with Gasteiger partial charge in [0.25, 0.3) is 10.0 Å². The van der Waals surface area contributed by atoms with Crippen molar-refractivity contribution < 1.29 is 9.84 Å². The third-order valence-electron chi connectivity index (χ3n) is 4.07. The van der Waals surface area contributed by atoms with Crippen molar-refractivity contribution in [2.45, 2.75) is 11.8 Å². The van der Waals surface area contributed by atoms with Crippen LogP contribution in [0.2, 0.25) is 0 Å². The van der Waals surface area contributed by atoms with Crippen molar-refractivity contribution in [3.8, 4) is 0 Å². The number of hydrogen-bond donors (Lipinski definition) is 1. The quantitative estimate of drug-likeness (QED) is 0.806. The molecule has 2 aromatic rings. The maximum Gasteiger partial charge on any atom is 0.263 e. The van der Waals surface area contributed by atoms with E-state index in [4.69, 9.17) is 0 Å². The molecular formula is C16H22BrN5O2S. The smallest absolute Gasteiger partial charge is 0.263 e. The highest BCUT2D eigenvalue weighted by Gasteiger charge is 2.22. The largest absolute Gasteiger partial charge is 0.352 e. The first-order valence-electron chi connectivity index (χ1n) is 7.90. The summed E-state index contributed by atoms with van der Waals surface area (Å²) in [6.07, 6.45) is 3.04. The fourth-order valence-electron chi connectivity index (χ4n) is 2.59. The van der Waals surface area contributed by atoms with Gasteiger partial charge < -0.3 is 9.80 Å². The molecule has 0 unspecified atom stereocenters. The van der Waals surface area contributed by atoms with Crippen LogP contribution in [-0.2, 0) is 10.0 Å². The molecule has 0 spiro atoms. The van der Waals surface area contributed by atoms with E-state index in [9.17, 15) is 8.42 Å². The first kappa shape index (κ1) is 18.1. The Morgan fingerprint density at radius 2 is 1.88 bits per heavy atom. The second-order valence-corrected chi connectivity index (χ2v) is 8.65. The number of aryl methyl sites for hydroxylation is 1. The predicted molar refractivity (Wildman–Crippen MR) is 104 cm³/mol. The number of halogens is 1. The lowest BCUT2D eigenvalue weighted by atomic mass is 10.3. The number of likely N-dealkylation sites (N-methyl/N-ethyl adjacent to an activating group) is 1. The van der Waals surface area contributed by atoms with Crippen LogP contribution in [0.15, 0.2) is 40.0 Å². The van der Waals surface area contributed by atoms with E-state index in [1.807, 2.05) is 6.92 Å². The van der Waals surface area contributed by atoms with E-state index in [1.54, 1.807) is 24.4 Å². The Kier molecular flexibility index (Phi) is 5.26. The molecule has 25 heavy (non-hydrogen) atoms. The number of hydrogen-bond acceptors (Lipinski definition) is 6. The van der Waals surface area contributed by atoms with Crippen molar-refractivity contribution in [1.82, 2.24) is 14.9 Å². The minimum absolute atomic E-state index is 0. The second-order valence-electron chi connectivity index (χ2n) is 6.06. The topological polar surface area (TPSA) is 78.4 Å². The number of rotatable bonds is 4. The van der Waals surface area contributed by atoms with Crippen molar-refractivity contribution in [3.05, 3.63) is 40.8 Å². The Morgan fingerprint density at radius 3 is 2.52 bits per heavy atom. The highest BCUT2D eigenvalue weighted by Crippen LogP contribution is 2.29. The Labute approximate surface area is 157 Å². The summed E-state index contributed by atoms with van der Waals surface area (Å²) in [6.45, 7) is 5.23. The minimum Gasteiger partial charge on any atom is -0.352 e. The highest BCUT2D eigenvalue weighted by molar-refractivity contribution is 9.10. The lowest BCUT2D eigenvalue weighted by molar-refractivity contribution is 0.312. The van der Waals surface area contributed by atoms with Crippen LogP contribution in [0.5, 0.6) is 0 Å². The molecule has 0 amide bonds. The van der Waals surface area contributed by atoms with Gasteiger partial charge in [-0.15, -0.1) is 0 Å². The van der Waals surface area contributed by atoms with Crippen LogP contribution in [0.1, 0.15) is 7.12 Å². The zero-order valence-electron chi connectivity index (χ0n) is 14.1. The van der Waals surface area contributed by atoms with Crippen molar-refractivity contribution in [2.75, 3.05) is 42.8 Å². The van der Waals surface area contributed by atoms with E-state index in [-0.39, 0.29) is 6.32 Å². The number of nitrogens with zero attached hydrogens (tertiary/aromatic N) is 4. The second kappa shape index (κ2) is 7.27. The lowest BCUT2D eigenvalue weighted by Gasteiger charge is -2.34. The van der Waals surface area contributed by atoms with Crippen molar-refractivity contribution >= 4 is 37.5 Å². The summed E-state index contributed by atoms with van der Waals surface area (Å²) in [6, 6.07) is 4.96. The van der Waals surface area contributed by atoms with Gasteiger partial charge in [-0.05, 0) is 48.1 Å². The van der Waals surface area contributed by atoms with E-state index in [1.165, 1.54) is 6.20 Å². The molecule has 0 atom stereocenters. The zero-order chi connectivity index (χ0) is 18.0. The lowest BCUT2D eigenvalue weighted by Crippen LogP contribution is -2.45. The number of nitrogens with one attached hydrogen (secondary N) is 1. The molecular weight excluding hydrogens is 406 g/mol. The summed E-state index contributed by atoms with van der Waals surface area (Å²) in [5, 5.41) is 0. The molecule has 0 aromatic carbocycles. The van der Waals surface area contributed by atoms with Crippen molar-refractivity contribution in [3.63, 3.8) is 0 Å². The highest BCUT2D eigenvalue weighted by atomic mass is 79.9. The van der Waals surface area contributed by atoms with Crippen LogP contribution in [0.25, 0.3) is 0 Å². The summed E-state index contributed by atoms with van der Waals surface area (Å²) in [7, 11) is -1.66. The molecule has 2 aromatic heterocycles. The summed E-state index contributed by atoms with van der Waals surface area (Å²) in [5.74, 6) is 0.639. The number of pyridine rings is 2. The normalized spacial score (nSPS) is 16.0. The van der Waals surface area contributed by atoms with Crippen LogP contribution < -0.4 is 9.62 Å². The van der Waals surface area contributed by atoms with Crippen LogP contribution >= 0.6 is 15.9 Å². The van der Waals surface area contributed by atoms with Crippen LogP contribution in [-0.4, -0.2) is 56.5 Å². The Balaban J connectivity index is 0.00000243. The molecule has 7 nitrogen and oxygen atoms in total. The standard InChI is InChI=1S/C16H20BrN5O2S.H2/c1-12-3-4-14(11-18-12)25(23,24)20-15-9-13(17)10-19-16(15)22-7-5-21(2)6-8-22;/h3-4,9-11,20H,5-8H2,1-2H3;1H. The van der Waals surface area contributed by atoms with Crippen molar-refractivity contribution in [2.24, 2.45) is 0 Å². The van der Waals surface area contributed by atoms with E-state index < -0.39 is 10.0 Å². The van der Waals surface area contributed by atoms with Gasteiger partial charge in [-0.1, -0.05) is 0 Å². The van der Waals surface area contributed by atoms with Gasteiger partial charge in [-0.3, -0.25) is 9.71 Å². The van der Waals surface area contributed by atoms with E-state index in [0.717, 1.165) is 31.9 Å². The summed E-state index contributed by atoms with van der Waals surface area (Å²) < 4.78 is 28.8. The monoisotopic (exact) mass is 427 g/mol. The predicted octanol–water partition coefficient (Wildman–Crippen LogP) is 2.35. The van der Waals surface area contributed by atoms with Gasteiger partial charge in [-0.2, -0.15) is 0 Å². The molecule has 1 aliphatic rings. The number of anilines is 2. The minimum atomic E-state index is -3.73. The first-order chi connectivity index (χ1) is 11.8. The maximum atomic E-state index is 12.7. The first-order valence-corrected chi connectivity index (χ1v) is 10.2. The van der Waals surface area contributed by atoms with Crippen LogP contribution in [0.3, 0.4) is 0 Å². The average molecular weight is 428 g/mol. The number of piperazine rings is 1. The average Bonchev–Trinajstić information content (AvgIpc) is 2.56. The fourth-order valence-corrected chi connectivity index (χ4v) is 3.92. The zero-order valence-corrected chi connectivity index (χ0v) is 16.5. The third kappa shape index (κ3) is 4.28. The van der Waals surface area contributed by atoms with E-state index in [0.29, 0.717) is 16.0 Å². The summed E-state index contributed by atoms with van der Waals surface area (Å²) in [5.41, 5.74) is 1.22. The molecule has 9 heteroatoms. The fraction of sp³-hybridized carbons (Fsp3) is 0.375. The van der Waals surface area contributed by atoms with Gasteiger partial charge in [0.15, 0.2) is 5.82 Å². The Morgan fingerprint density at radius 1 is 1.16 bits per heavy atom. The molecule has 0 saturated carbocycles. The van der Waals surface area contributed by atoms with Gasteiger partial charge in [0.1, 0.15) is 4.90 Å². The Bertz CT molecular complexity index is 855. The van der Waals surface area contributed by atoms with Crippen LogP contribution in [0, 0.1) is 6.92 Å². The SMILES string of the molecule is Cc1ccc(S(=O)(=O)Nc2cc(Br)cnc2N2CCN(C)CC2)cn1.[HH]. The molecule has 1 N–H and O–H groups in total. The van der Waals surface area contributed by atoms with Crippen LogP contribution in [0.4, 0.5) is 11.5 Å². The van der Waals surface area contributed by atoms with Gasteiger partial charge in [-0.25, -0.2) is 13.4 Å². The summed E-state index contributed by atoms with van der Waals surface area (Å²) >= 11 is 3.37. The third-order valence-corrected chi connectivity index (χ3v) is 5.86. The molecule has 1 saturated heterocycles. The maximum absolute atomic E-state index is 12.7.